The number of aromatic nitrogens is 3. The molecular weight excluding hydrogens is 452 g/mol. The minimum absolute atomic E-state index is 0.0504. The lowest BCUT2D eigenvalue weighted by Gasteiger charge is -2.09. The Morgan fingerprint density at radius 1 is 1.10 bits per heavy atom. The second-order valence-corrected chi connectivity index (χ2v) is 10.6. The molecule has 0 aliphatic heterocycles. The molecule has 3 aromatic heterocycles. The van der Waals surface area contributed by atoms with Gasteiger partial charge in [0.1, 0.15) is 10.7 Å². The van der Waals surface area contributed by atoms with Crippen molar-refractivity contribution >= 4 is 32.7 Å². The highest BCUT2D eigenvalue weighted by Crippen LogP contribution is 2.35. The molecule has 4 rings (SSSR count). The van der Waals surface area contributed by atoms with Crippen LogP contribution >= 0.6 is 22.7 Å². The Kier molecular flexibility index (Phi) is 6.15. The summed E-state index contributed by atoms with van der Waals surface area (Å²) < 4.78 is 28.8. The molecule has 0 atom stereocenters. The summed E-state index contributed by atoms with van der Waals surface area (Å²) in [6.07, 6.45) is 0. The molecule has 0 bridgehead atoms. The molecule has 0 amide bonds. The predicted octanol–water partition coefficient (Wildman–Crippen LogP) is 3.69. The maximum absolute atomic E-state index is 12.5. The van der Waals surface area contributed by atoms with Gasteiger partial charge in [-0.3, -0.25) is 4.79 Å². The number of aryl methyl sites for hydroxylation is 2. The normalized spacial score (nSPS) is 11.7. The van der Waals surface area contributed by atoms with E-state index in [0.717, 1.165) is 26.0 Å². The first-order chi connectivity index (χ1) is 14.8. The summed E-state index contributed by atoms with van der Waals surface area (Å²) in [6, 6.07) is 13.8. The number of hydrogen-bond acceptors (Lipinski definition) is 7. The average molecular weight is 473 g/mol. The Morgan fingerprint density at radius 3 is 2.68 bits per heavy atom. The van der Waals surface area contributed by atoms with Crippen LogP contribution in [0.1, 0.15) is 11.3 Å². The van der Waals surface area contributed by atoms with Crippen molar-refractivity contribution < 1.29 is 8.42 Å². The Morgan fingerprint density at radius 2 is 1.94 bits per heavy atom. The number of benzene rings is 1. The van der Waals surface area contributed by atoms with Crippen molar-refractivity contribution in [2.75, 3.05) is 6.54 Å². The Labute approximate surface area is 188 Å². The van der Waals surface area contributed by atoms with Gasteiger partial charge in [0.15, 0.2) is 0 Å². The van der Waals surface area contributed by atoms with E-state index in [2.05, 4.69) is 14.8 Å². The monoisotopic (exact) mass is 472 g/mol. The third-order valence-electron chi connectivity index (χ3n) is 4.54. The van der Waals surface area contributed by atoms with Gasteiger partial charge in [-0.2, -0.15) is 5.10 Å². The van der Waals surface area contributed by atoms with Gasteiger partial charge in [-0.1, -0.05) is 18.2 Å². The van der Waals surface area contributed by atoms with Crippen LogP contribution in [-0.4, -0.2) is 29.7 Å². The highest BCUT2D eigenvalue weighted by atomic mass is 32.2. The summed E-state index contributed by atoms with van der Waals surface area (Å²) in [5.74, 6) is 0. The van der Waals surface area contributed by atoms with E-state index in [-0.39, 0.29) is 23.5 Å². The van der Waals surface area contributed by atoms with Crippen LogP contribution in [0.5, 0.6) is 0 Å². The molecule has 160 valence electrons. The van der Waals surface area contributed by atoms with E-state index in [1.807, 2.05) is 37.4 Å². The fourth-order valence-electron chi connectivity index (χ4n) is 3.02. The van der Waals surface area contributed by atoms with E-state index < -0.39 is 10.0 Å². The van der Waals surface area contributed by atoms with Crippen LogP contribution in [0.15, 0.2) is 63.6 Å². The van der Waals surface area contributed by atoms with Gasteiger partial charge in [-0.15, -0.1) is 22.7 Å². The Bertz CT molecular complexity index is 1370. The van der Waals surface area contributed by atoms with Gasteiger partial charge in [0.25, 0.3) is 5.56 Å². The van der Waals surface area contributed by atoms with Gasteiger partial charge in [0.2, 0.25) is 10.0 Å². The van der Waals surface area contributed by atoms with Gasteiger partial charge in [0, 0.05) is 12.6 Å². The summed E-state index contributed by atoms with van der Waals surface area (Å²) in [7, 11) is -3.66. The second-order valence-electron chi connectivity index (χ2n) is 6.91. The molecule has 0 aliphatic carbocycles. The van der Waals surface area contributed by atoms with E-state index in [1.54, 1.807) is 29.5 Å². The molecule has 10 heteroatoms. The first-order valence-corrected chi connectivity index (χ1v) is 12.7. The van der Waals surface area contributed by atoms with Crippen molar-refractivity contribution in [1.29, 1.82) is 0 Å². The maximum Gasteiger partial charge on any atom is 0.266 e. The van der Waals surface area contributed by atoms with Crippen molar-refractivity contribution in [3.05, 3.63) is 75.5 Å². The van der Waals surface area contributed by atoms with E-state index >= 15 is 0 Å². The van der Waals surface area contributed by atoms with Crippen LogP contribution < -0.4 is 10.3 Å². The maximum atomic E-state index is 12.5. The van der Waals surface area contributed by atoms with Gasteiger partial charge >= 0.3 is 0 Å². The molecule has 0 spiro atoms. The van der Waals surface area contributed by atoms with Crippen molar-refractivity contribution in [2.45, 2.75) is 25.3 Å². The van der Waals surface area contributed by atoms with Crippen LogP contribution in [0.3, 0.4) is 0 Å². The quantitative estimate of drug-likeness (QED) is 0.443. The molecule has 0 saturated heterocycles. The van der Waals surface area contributed by atoms with E-state index in [9.17, 15) is 13.2 Å². The lowest BCUT2D eigenvalue weighted by Crippen LogP contribution is -2.32. The van der Waals surface area contributed by atoms with Crippen molar-refractivity contribution in [1.82, 2.24) is 19.5 Å². The van der Waals surface area contributed by atoms with Crippen LogP contribution in [0.25, 0.3) is 20.5 Å². The summed E-state index contributed by atoms with van der Waals surface area (Å²) in [6.45, 7) is 3.91. The van der Waals surface area contributed by atoms with E-state index in [1.165, 1.54) is 28.2 Å². The van der Waals surface area contributed by atoms with Crippen molar-refractivity contribution in [2.24, 2.45) is 0 Å². The molecule has 0 saturated carbocycles. The van der Waals surface area contributed by atoms with Crippen LogP contribution in [0.4, 0.5) is 0 Å². The van der Waals surface area contributed by atoms with Gasteiger partial charge in [0.05, 0.1) is 26.9 Å². The first kappa shape index (κ1) is 21.6. The van der Waals surface area contributed by atoms with Crippen molar-refractivity contribution in [3.8, 4) is 20.5 Å². The Balaban J connectivity index is 1.52. The minimum atomic E-state index is -3.66. The number of thiazole rings is 1. The molecule has 1 N–H and O–H groups in total. The fraction of sp³-hybridized carbons (Fsp3) is 0.190. The zero-order valence-electron chi connectivity index (χ0n) is 16.9. The fourth-order valence-corrected chi connectivity index (χ4v) is 5.98. The average Bonchev–Trinajstić information content (AvgIpc) is 3.39. The number of nitrogens with one attached hydrogen (secondary N) is 1. The Hall–Kier alpha value is -2.66. The SMILES string of the molecule is Cc1cccc(S(=O)(=O)NCCn2nc(-c3sc(-c4cccs4)nc3C)ccc2=O)c1. The molecule has 7 nitrogen and oxygen atoms in total. The number of rotatable bonds is 7. The third-order valence-corrected chi connectivity index (χ3v) is 8.22. The summed E-state index contributed by atoms with van der Waals surface area (Å²) in [4.78, 5) is 19.1. The molecule has 0 unspecified atom stereocenters. The number of thiophene rings is 1. The smallest absolute Gasteiger partial charge is 0.266 e. The third kappa shape index (κ3) is 4.82. The lowest BCUT2D eigenvalue weighted by molar-refractivity contribution is 0.549. The summed E-state index contributed by atoms with van der Waals surface area (Å²) in [5, 5.41) is 7.36. The second kappa shape index (κ2) is 8.83. The summed E-state index contributed by atoms with van der Waals surface area (Å²) in [5.41, 5.74) is 2.04. The lowest BCUT2D eigenvalue weighted by atomic mass is 10.2. The number of nitrogens with zero attached hydrogens (tertiary/aromatic N) is 3. The largest absolute Gasteiger partial charge is 0.268 e. The molecule has 0 radical (unpaired) electrons. The van der Waals surface area contributed by atoms with E-state index in [4.69, 9.17) is 0 Å². The van der Waals surface area contributed by atoms with Crippen LogP contribution in [0.2, 0.25) is 0 Å². The zero-order valence-corrected chi connectivity index (χ0v) is 19.4. The molecular formula is C21H20N4O3S3. The molecule has 4 aromatic rings. The van der Waals surface area contributed by atoms with Crippen LogP contribution in [0, 0.1) is 13.8 Å². The highest BCUT2D eigenvalue weighted by Gasteiger charge is 2.16. The van der Waals surface area contributed by atoms with Gasteiger partial charge in [-0.05, 0) is 49.1 Å². The molecule has 3 heterocycles. The standard InChI is InChI=1S/C21H20N4O3S3/c1-14-5-3-6-16(13-14)31(27,28)22-10-11-25-19(26)9-8-17(24-25)20-15(2)23-21(30-20)18-7-4-12-29-18/h3-9,12-13,22H,10-11H2,1-2H3. The molecule has 0 aliphatic rings. The number of hydrogen-bond donors (Lipinski definition) is 1. The predicted molar refractivity (Wildman–Crippen MR) is 124 cm³/mol. The first-order valence-electron chi connectivity index (χ1n) is 9.50. The summed E-state index contributed by atoms with van der Waals surface area (Å²) >= 11 is 3.14. The zero-order chi connectivity index (χ0) is 22.0. The highest BCUT2D eigenvalue weighted by molar-refractivity contribution is 7.89. The molecule has 0 fully saturated rings. The van der Waals surface area contributed by atoms with E-state index in [0.29, 0.717) is 5.69 Å². The minimum Gasteiger partial charge on any atom is -0.268 e. The van der Waals surface area contributed by atoms with Gasteiger partial charge in [-0.25, -0.2) is 22.8 Å². The topological polar surface area (TPSA) is 93.9 Å². The van der Waals surface area contributed by atoms with Gasteiger partial charge < -0.3 is 0 Å². The molecule has 31 heavy (non-hydrogen) atoms. The number of sulfonamides is 1. The molecule has 1 aromatic carbocycles. The van der Waals surface area contributed by atoms with Crippen LogP contribution in [-0.2, 0) is 16.6 Å². The van der Waals surface area contributed by atoms with Crippen molar-refractivity contribution in [3.63, 3.8) is 0 Å².